The first kappa shape index (κ1) is 17.0. The van der Waals surface area contributed by atoms with E-state index in [1.165, 1.54) is 37.8 Å². The fourth-order valence-corrected chi connectivity index (χ4v) is 2.11. The summed E-state index contributed by atoms with van der Waals surface area (Å²) in [6.45, 7) is 2.77. The smallest absolute Gasteiger partial charge is 0.255 e. The van der Waals surface area contributed by atoms with Crippen LogP contribution in [0.4, 0.5) is 5.69 Å². The summed E-state index contributed by atoms with van der Waals surface area (Å²) in [6.07, 6.45) is 7.41. The molecule has 0 aliphatic rings. The summed E-state index contributed by atoms with van der Waals surface area (Å²) in [6, 6.07) is 4.68. The van der Waals surface area contributed by atoms with Crippen LogP contribution in [0.2, 0.25) is 0 Å². The number of carbonyl (C=O) groups is 2. The molecular weight excluding hydrogens is 268 g/mol. The largest absolute Gasteiger partial charge is 0.505 e. The van der Waals surface area contributed by atoms with Crippen LogP contribution in [0.3, 0.4) is 0 Å². The lowest BCUT2D eigenvalue weighted by molar-refractivity contribution is -0.105. The molecule has 0 heterocycles. The molecular formula is C16H24N2O3. The zero-order valence-corrected chi connectivity index (χ0v) is 12.5. The Balaban J connectivity index is 2.38. The summed E-state index contributed by atoms with van der Waals surface area (Å²) >= 11 is 0. The quantitative estimate of drug-likeness (QED) is 0.352. The minimum Gasteiger partial charge on any atom is -0.505 e. The molecule has 0 unspecified atom stereocenters. The van der Waals surface area contributed by atoms with E-state index in [1.54, 1.807) is 6.07 Å². The highest BCUT2D eigenvalue weighted by molar-refractivity contribution is 5.99. The number of para-hydroxylation sites is 1. The molecule has 0 aromatic heterocycles. The lowest BCUT2D eigenvalue weighted by atomic mass is 10.1. The van der Waals surface area contributed by atoms with Gasteiger partial charge in [-0.2, -0.15) is 0 Å². The fraction of sp³-hybridized carbons (Fsp3) is 0.500. The number of amides is 2. The van der Waals surface area contributed by atoms with E-state index < -0.39 is 0 Å². The third-order valence-corrected chi connectivity index (χ3v) is 3.31. The van der Waals surface area contributed by atoms with Gasteiger partial charge in [-0.3, -0.25) is 9.59 Å². The average molecular weight is 292 g/mol. The van der Waals surface area contributed by atoms with Crippen molar-refractivity contribution in [3.63, 3.8) is 0 Å². The number of hydrogen-bond donors (Lipinski definition) is 3. The number of phenols is 1. The van der Waals surface area contributed by atoms with Crippen molar-refractivity contribution in [2.24, 2.45) is 0 Å². The molecule has 1 rings (SSSR count). The maximum Gasteiger partial charge on any atom is 0.255 e. The number of benzene rings is 1. The number of nitrogens with one attached hydrogen (secondary N) is 2. The Kier molecular flexibility index (Phi) is 7.94. The highest BCUT2D eigenvalue weighted by Gasteiger charge is 2.13. The van der Waals surface area contributed by atoms with Gasteiger partial charge in [0.1, 0.15) is 0 Å². The van der Waals surface area contributed by atoms with Gasteiger partial charge in [0.2, 0.25) is 6.41 Å². The Morgan fingerprint density at radius 2 is 1.90 bits per heavy atom. The van der Waals surface area contributed by atoms with Crippen LogP contribution < -0.4 is 10.6 Å². The predicted molar refractivity (Wildman–Crippen MR) is 83.5 cm³/mol. The molecule has 0 bridgehead atoms. The van der Waals surface area contributed by atoms with E-state index in [0.29, 0.717) is 13.0 Å². The van der Waals surface area contributed by atoms with E-state index in [2.05, 4.69) is 17.6 Å². The summed E-state index contributed by atoms with van der Waals surface area (Å²) in [7, 11) is 0. The molecule has 0 saturated carbocycles. The van der Waals surface area contributed by atoms with Gasteiger partial charge in [0.05, 0.1) is 11.3 Å². The molecule has 116 valence electrons. The lowest BCUT2D eigenvalue weighted by Gasteiger charge is -2.09. The molecule has 1 aromatic rings. The number of anilines is 1. The normalized spacial score (nSPS) is 10.1. The van der Waals surface area contributed by atoms with Crippen molar-refractivity contribution >= 4 is 18.0 Å². The van der Waals surface area contributed by atoms with Gasteiger partial charge in [-0.05, 0) is 18.6 Å². The van der Waals surface area contributed by atoms with Gasteiger partial charge in [-0.25, -0.2) is 0 Å². The molecule has 0 fully saturated rings. The average Bonchev–Trinajstić information content (AvgIpc) is 2.48. The molecule has 0 saturated heterocycles. The molecule has 0 spiro atoms. The van der Waals surface area contributed by atoms with Crippen LogP contribution in [0.15, 0.2) is 18.2 Å². The van der Waals surface area contributed by atoms with Crippen molar-refractivity contribution in [1.82, 2.24) is 5.32 Å². The molecule has 5 heteroatoms. The van der Waals surface area contributed by atoms with Crippen LogP contribution >= 0.6 is 0 Å². The van der Waals surface area contributed by atoms with E-state index in [-0.39, 0.29) is 22.9 Å². The van der Waals surface area contributed by atoms with Crippen molar-refractivity contribution in [2.45, 2.75) is 45.4 Å². The van der Waals surface area contributed by atoms with Gasteiger partial charge >= 0.3 is 0 Å². The van der Waals surface area contributed by atoms with Gasteiger partial charge in [-0.15, -0.1) is 0 Å². The molecule has 0 radical (unpaired) electrons. The molecule has 5 nitrogen and oxygen atoms in total. The minimum absolute atomic E-state index is 0.174. The Bertz CT molecular complexity index is 461. The van der Waals surface area contributed by atoms with Crippen molar-refractivity contribution in [3.05, 3.63) is 23.8 Å². The highest BCUT2D eigenvalue weighted by Crippen LogP contribution is 2.26. The lowest BCUT2D eigenvalue weighted by Crippen LogP contribution is -2.24. The number of aromatic hydroxyl groups is 1. The van der Waals surface area contributed by atoms with E-state index in [0.717, 1.165) is 12.8 Å². The number of unbranched alkanes of at least 4 members (excludes halogenated alkanes) is 5. The van der Waals surface area contributed by atoms with Crippen molar-refractivity contribution in [3.8, 4) is 5.75 Å². The second-order valence-corrected chi connectivity index (χ2v) is 4.99. The molecule has 3 N–H and O–H groups in total. The van der Waals surface area contributed by atoms with Crippen LogP contribution in [0.1, 0.15) is 55.8 Å². The molecule has 0 aliphatic heterocycles. The van der Waals surface area contributed by atoms with Crippen LogP contribution in [0, 0.1) is 0 Å². The third kappa shape index (κ3) is 5.85. The number of phenolic OH excluding ortho intramolecular Hbond substituents is 1. The summed E-state index contributed by atoms with van der Waals surface area (Å²) in [4.78, 5) is 22.4. The SMILES string of the molecule is CCCCCCCCNC(=O)c1cccc(NC=O)c1O. The molecule has 0 atom stereocenters. The summed E-state index contributed by atoms with van der Waals surface area (Å²) in [5.41, 5.74) is 0.407. The highest BCUT2D eigenvalue weighted by atomic mass is 16.3. The van der Waals surface area contributed by atoms with Gasteiger partial charge in [0.15, 0.2) is 5.75 Å². The molecule has 0 aliphatic carbocycles. The van der Waals surface area contributed by atoms with Crippen molar-refractivity contribution < 1.29 is 14.7 Å². The monoisotopic (exact) mass is 292 g/mol. The predicted octanol–water partition coefficient (Wildman–Crippen LogP) is 3.05. The number of rotatable bonds is 10. The Morgan fingerprint density at radius 1 is 1.19 bits per heavy atom. The van der Waals surface area contributed by atoms with E-state index in [9.17, 15) is 14.7 Å². The standard InChI is InChI=1S/C16H24N2O3/c1-2-3-4-5-6-7-11-17-16(21)13-9-8-10-14(15(13)20)18-12-19/h8-10,12,20H,2-7,11H2,1H3,(H,17,21)(H,18,19). The Hall–Kier alpha value is -2.04. The topological polar surface area (TPSA) is 78.4 Å². The van der Waals surface area contributed by atoms with Crippen LogP contribution in [-0.2, 0) is 4.79 Å². The molecule has 21 heavy (non-hydrogen) atoms. The van der Waals surface area contributed by atoms with Gasteiger partial charge in [0.25, 0.3) is 5.91 Å². The first-order valence-corrected chi connectivity index (χ1v) is 7.51. The van der Waals surface area contributed by atoms with Crippen molar-refractivity contribution in [2.75, 3.05) is 11.9 Å². The number of carbonyl (C=O) groups excluding carboxylic acids is 2. The molecule has 1 aromatic carbocycles. The van der Waals surface area contributed by atoms with Crippen LogP contribution in [0.25, 0.3) is 0 Å². The second kappa shape index (κ2) is 9.80. The Labute approximate surface area is 125 Å². The van der Waals surface area contributed by atoms with Gasteiger partial charge in [-0.1, -0.05) is 45.1 Å². The van der Waals surface area contributed by atoms with Crippen LogP contribution in [-0.4, -0.2) is 24.0 Å². The first-order valence-electron chi connectivity index (χ1n) is 7.51. The van der Waals surface area contributed by atoms with E-state index in [1.807, 2.05) is 0 Å². The summed E-state index contributed by atoms with van der Waals surface area (Å²) < 4.78 is 0. The second-order valence-electron chi connectivity index (χ2n) is 4.99. The Morgan fingerprint density at radius 3 is 2.62 bits per heavy atom. The maximum absolute atomic E-state index is 12.0. The first-order chi connectivity index (χ1) is 10.2. The minimum atomic E-state index is -0.324. The summed E-state index contributed by atoms with van der Waals surface area (Å²) in [5.74, 6) is -0.527. The van der Waals surface area contributed by atoms with E-state index in [4.69, 9.17) is 0 Å². The zero-order valence-electron chi connectivity index (χ0n) is 12.5. The maximum atomic E-state index is 12.0. The third-order valence-electron chi connectivity index (χ3n) is 3.31. The number of hydrogen-bond acceptors (Lipinski definition) is 3. The van der Waals surface area contributed by atoms with Gasteiger partial charge in [0, 0.05) is 6.54 Å². The van der Waals surface area contributed by atoms with Crippen molar-refractivity contribution in [1.29, 1.82) is 0 Å². The summed E-state index contributed by atoms with van der Waals surface area (Å²) in [5, 5.41) is 15.0. The fourth-order valence-electron chi connectivity index (χ4n) is 2.11. The van der Waals surface area contributed by atoms with E-state index >= 15 is 0 Å². The van der Waals surface area contributed by atoms with Gasteiger partial charge < -0.3 is 15.7 Å². The van der Waals surface area contributed by atoms with Crippen LogP contribution in [0.5, 0.6) is 5.75 Å². The zero-order chi connectivity index (χ0) is 15.5. The molecule has 2 amide bonds.